The van der Waals surface area contributed by atoms with Crippen molar-refractivity contribution < 1.29 is 14.3 Å². The van der Waals surface area contributed by atoms with E-state index in [4.69, 9.17) is 14.7 Å². The maximum atomic E-state index is 12.2. The largest absolute Gasteiger partial charge is 0.484 e. The zero-order valence-electron chi connectivity index (χ0n) is 17.6. The molecule has 1 unspecified atom stereocenters. The summed E-state index contributed by atoms with van der Waals surface area (Å²) in [6, 6.07) is 10.8. The summed E-state index contributed by atoms with van der Waals surface area (Å²) < 4.78 is 13.5. The molecule has 1 fully saturated rings. The Kier molecular flexibility index (Phi) is 6.35. The van der Waals surface area contributed by atoms with Crippen LogP contribution in [0.2, 0.25) is 0 Å². The summed E-state index contributed by atoms with van der Waals surface area (Å²) in [7, 11) is 0. The van der Waals surface area contributed by atoms with Crippen molar-refractivity contribution in [1.82, 2.24) is 9.55 Å². The van der Waals surface area contributed by atoms with Crippen molar-refractivity contribution in [3.05, 3.63) is 52.7 Å². The number of thiazole rings is 1. The molecule has 1 amide bonds. The Bertz CT molecular complexity index is 1110. The Labute approximate surface area is 185 Å². The van der Waals surface area contributed by atoms with Gasteiger partial charge in [0.05, 0.1) is 23.4 Å². The van der Waals surface area contributed by atoms with Gasteiger partial charge in [0.2, 0.25) is 0 Å². The molecule has 3 aromatic rings. The number of nitrogens with one attached hydrogen (secondary N) is 1. The molecule has 160 valence electrons. The van der Waals surface area contributed by atoms with Crippen LogP contribution in [0.1, 0.15) is 29.8 Å². The number of anilines is 1. The number of carbonyl (C=O) groups excluding carboxylic acids is 1. The van der Waals surface area contributed by atoms with Gasteiger partial charge in [0, 0.05) is 35.5 Å². The Morgan fingerprint density at radius 2 is 2.19 bits per heavy atom. The zero-order valence-corrected chi connectivity index (χ0v) is 18.4. The van der Waals surface area contributed by atoms with Crippen molar-refractivity contribution in [2.45, 2.75) is 39.3 Å². The fourth-order valence-corrected chi connectivity index (χ4v) is 4.44. The van der Waals surface area contributed by atoms with Gasteiger partial charge in [0.25, 0.3) is 5.91 Å². The molecule has 4 rings (SSSR count). The molecular formula is C23H24N4O3S. The van der Waals surface area contributed by atoms with Crippen molar-refractivity contribution in [1.29, 1.82) is 5.26 Å². The SMILES string of the molecule is Cc1cc(-c2csc(NC(=O)COc3ccc(C#N)cc3)n2)c(C)n1CC1CCCO1. The average Bonchev–Trinajstić information content (AvgIpc) is 3.51. The second-order valence-corrected chi connectivity index (χ2v) is 8.40. The van der Waals surface area contributed by atoms with E-state index in [0.29, 0.717) is 16.4 Å². The topological polar surface area (TPSA) is 89.2 Å². The fourth-order valence-electron chi connectivity index (χ4n) is 3.72. The van der Waals surface area contributed by atoms with Gasteiger partial charge in [-0.25, -0.2) is 4.98 Å². The Morgan fingerprint density at radius 1 is 1.39 bits per heavy atom. The molecule has 8 heteroatoms. The van der Waals surface area contributed by atoms with Crippen LogP contribution in [0.25, 0.3) is 11.3 Å². The molecule has 2 aromatic heterocycles. The highest BCUT2D eigenvalue weighted by Crippen LogP contribution is 2.30. The Hall–Kier alpha value is -3.15. The average molecular weight is 437 g/mol. The van der Waals surface area contributed by atoms with E-state index >= 15 is 0 Å². The monoisotopic (exact) mass is 436 g/mol. The zero-order chi connectivity index (χ0) is 21.8. The first-order valence-corrected chi connectivity index (χ1v) is 11.1. The van der Waals surface area contributed by atoms with Crippen molar-refractivity contribution in [3.63, 3.8) is 0 Å². The number of nitrogens with zero attached hydrogens (tertiary/aromatic N) is 3. The lowest BCUT2D eigenvalue weighted by Gasteiger charge is -2.14. The molecule has 0 radical (unpaired) electrons. The molecule has 1 aliphatic heterocycles. The lowest BCUT2D eigenvalue weighted by Crippen LogP contribution is -2.20. The number of hydrogen-bond donors (Lipinski definition) is 1. The highest BCUT2D eigenvalue weighted by Gasteiger charge is 2.20. The van der Waals surface area contributed by atoms with Gasteiger partial charge in [-0.1, -0.05) is 0 Å². The first kappa shape index (κ1) is 21.1. The second-order valence-electron chi connectivity index (χ2n) is 7.54. The predicted octanol–water partition coefficient (Wildman–Crippen LogP) is 4.30. The van der Waals surface area contributed by atoms with Gasteiger partial charge in [-0.15, -0.1) is 11.3 Å². The van der Waals surface area contributed by atoms with E-state index in [-0.39, 0.29) is 18.6 Å². The van der Waals surface area contributed by atoms with E-state index in [2.05, 4.69) is 34.8 Å². The number of aromatic nitrogens is 2. The van der Waals surface area contributed by atoms with E-state index in [1.807, 2.05) is 11.4 Å². The molecule has 3 heterocycles. The summed E-state index contributed by atoms with van der Waals surface area (Å²) in [5.74, 6) is 0.252. The van der Waals surface area contributed by atoms with Crippen LogP contribution in [0.4, 0.5) is 5.13 Å². The smallest absolute Gasteiger partial charge is 0.264 e. The predicted molar refractivity (Wildman–Crippen MR) is 119 cm³/mol. The molecule has 1 aromatic carbocycles. The normalized spacial score (nSPS) is 15.6. The number of ether oxygens (including phenoxy) is 2. The standard InChI is InChI=1S/C23H24N4O3S/c1-15-10-20(16(2)27(15)12-19-4-3-9-29-19)21-14-31-23(25-21)26-22(28)13-30-18-7-5-17(11-24)6-8-18/h5-8,10,14,19H,3-4,9,12-13H2,1-2H3,(H,25,26,28). The van der Waals surface area contributed by atoms with Crippen molar-refractivity contribution in [2.75, 3.05) is 18.5 Å². The first-order chi connectivity index (χ1) is 15.0. The maximum absolute atomic E-state index is 12.2. The van der Waals surface area contributed by atoms with E-state index < -0.39 is 0 Å². The molecule has 0 aliphatic carbocycles. The van der Waals surface area contributed by atoms with Gasteiger partial charge < -0.3 is 14.0 Å². The van der Waals surface area contributed by atoms with E-state index in [0.717, 1.165) is 42.9 Å². The van der Waals surface area contributed by atoms with Gasteiger partial charge in [-0.2, -0.15) is 5.26 Å². The maximum Gasteiger partial charge on any atom is 0.264 e. The minimum absolute atomic E-state index is 0.128. The second kappa shape index (κ2) is 9.33. The highest BCUT2D eigenvalue weighted by atomic mass is 32.1. The Balaban J connectivity index is 1.37. The highest BCUT2D eigenvalue weighted by molar-refractivity contribution is 7.14. The summed E-state index contributed by atoms with van der Waals surface area (Å²) in [5.41, 5.74) is 4.79. The summed E-state index contributed by atoms with van der Waals surface area (Å²) in [5, 5.41) is 14.1. The molecule has 0 spiro atoms. The lowest BCUT2D eigenvalue weighted by molar-refractivity contribution is -0.118. The molecular weight excluding hydrogens is 412 g/mol. The number of hydrogen-bond acceptors (Lipinski definition) is 6. The van der Waals surface area contributed by atoms with E-state index in [1.165, 1.54) is 17.0 Å². The van der Waals surface area contributed by atoms with Crippen LogP contribution in [-0.4, -0.2) is 34.8 Å². The summed E-state index contributed by atoms with van der Waals surface area (Å²) >= 11 is 1.39. The quantitative estimate of drug-likeness (QED) is 0.597. The van der Waals surface area contributed by atoms with Crippen LogP contribution in [-0.2, 0) is 16.1 Å². The van der Waals surface area contributed by atoms with Crippen molar-refractivity contribution in [2.24, 2.45) is 0 Å². The summed E-state index contributed by atoms with van der Waals surface area (Å²) in [4.78, 5) is 16.8. The Morgan fingerprint density at radius 3 is 2.90 bits per heavy atom. The number of nitriles is 1. The number of aryl methyl sites for hydroxylation is 1. The number of amides is 1. The fraction of sp³-hybridized carbons (Fsp3) is 0.348. The van der Waals surface area contributed by atoms with Gasteiger partial charge in [-0.05, 0) is 57.0 Å². The van der Waals surface area contributed by atoms with Crippen LogP contribution < -0.4 is 10.1 Å². The van der Waals surface area contributed by atoms with E-state index in [1.54, 1.807) is 24.3 Å². The first-order valence-electron chi connectivity index (χ1n) is 10.2. The molecule has 1 saturated heterocycles. The minimum Gasteiger partial charge on any atom is -0.484 e. The van der Waals surface area contributed by atoms with Crippen LogP contribution >= 0.6 is 11.3 Å². The third-order valence-electron chi connectivity index (χ3n) is 5.36. The van der Waals surface area contributed by atoms with Gasteiger partial charge in [0.15, 0.2) is 11.7 Å². The van der Waals surface area contributed by atoms with Crippen molar-refractivity contribution >= 4 is 22.4 Å². The van der Waals surface area contributed by atoms with Gasteiger partial charge >= 0.3 is 0 Å². The third-order valence-corrected chi connectivity index (χ3v) is 6.12. The van der Waals surface area contributed by atoms with Gasteiger partial charge in [0.1, 0.15) is 5.75 Å². The summed E-state index contributed by atoms with van der Waals surface area (Å²) in [6.45, 7) is 5.77. The number of carbonyl (C=O) groups is 1. The molecule has 1 N–H and O–H groups in total. The molecule has 7 nitrogen and oxygen atoms in total. The minimum atomic E-state index is -0.283. The van der Waals surface area contributed by atoms with Crippen LogP contribution in [0.3, 0.4) is 0 Å². The molecule has 31 heavy (non-hydrogen) atoms. The molecule has 1 atom stereocenters. The third kappa shape index (κ3) is 4.95. The lowest BCUT2D eigenvalue weighted by atomic mass is 10.2. The molecule has 0 saturated carbocycles. The van der Waals surface area contributed by atoms with E-state index in [9.17, 15) is 4.79 Å². The van der Waals surface area contributed by atoms with Crippen molar-refractivity contribution in [3.8, 4) is 23.1 Å². The number of rotatable bonds is 7. The molecule has 0 bridgehead atoms. The van der Waals surface area contributed by atoms with Crippen LogP contribution in [0.5, 0.6) is 5.75 Å². The van der Waals surface area contributed by atoms with Crippen LogP contribution in [0.15, 0.2) is 35.7 Å². The number of benzene rings is 1. The van der Waals surface area contributed by atoms with Gasteiger partial charge in [-0.3, -0.25) is 10.1 Å². The summed E-state index contributed by atoms with van der Waals surface area (Å²) in [6.07, 6.45) is 2.50. The molecule has 1 aliphatic rings. The van der Waals surface area contributed by atoms with Crippen LogP contribution in [0, 0.1) is 25.2 Å².